The Balaban J connectivity index is 0.992. The third-order valence-corrected chi connectivity index (χ3v) is 11.0. The second kappa shape index (κ2) is 16.0. The molecule has 5 nitrogen and oxygen atoms in total. The first-order valence-corrected chi connectivity index (χ1v) is 20.1. The zero-order valence-corrected chi connectivity index (χ0v) is 32.8. The van der Waals surface area contributed by atoms with Crippen molar-refractivity contribution >= 4 is 45.2 Å². The number of aromatic nitrogens is 2. The normalized spacial score (nSPS) is 11.1. The number of hydrogen-bond donors (Lipinski definition) is 0. The van der Waals surface area contributed by atoms with E-state index in [4.69, 9.17) is 0 Å². The SMILES string of the molecule is O=c1n(-c2ccc(N(c3ccccc3)c3ccc(-c4ccccc4)cc3)cc2)c2ccccc2n1-c1ccc(N(c2ccccc2)c2ccc(-c3ccccc3)cc2)cc1. The number of nitrogens with zero attached hydrogens (tertiary/aromatic N) is 4. The Kier molecular flexibility index (Phi) is 9.66. The highest BCUT2D eigenvalue weighted by Crippen LogP contribution is 2.38. The van der Waals surface area contributed by atoms with Crippen molar-refractivity contribution in [3.63, 3.8) is 0 Å². The maximum atomic E-state index is 14.6. The molecule has 1 heterocycles. The van der Waals surface area contributed by atoms with Crippen LogP contribution in [0.15, 0.2) is 247 Å². The average molecular weight is 773 g/mol. The van der Waals surface area contributed by atoms with Crippen LogP contribution in [0.4, 0.5) is 34.1 Å². The Morgan fingerprint density at radius 3 is 0.833 bits per heavy atom. The summed E-state index contributed by atoms with van der Waals surface area (Å²) in [5, 5.41) is 0. The lowest BCUT2D eigenvalue weighted by Crippen LogP contribution is -2.22. The molecule has 9 aromatic carbocycles. The topological polar surface area (TPSA) is 33.4 Å². The Morgan fingerprint density at radius 1 is 0.250 bits per heavy atom. The molecule has 0 saturated heterocycles. The summed E-state index contributed by atoms with van der Waals surface area (Å²) in [6.45, 7) is 0. The van der Waals surface area contributed by atoms with E-state index in [9.17, 15) is 4.79 Å². The highest BCUT2D eigenvalue weighted by Gasteiger charge is 2.19. The molecular weight excluding hydrogens is 733 g/mol. The van der Waals surface area contributed by atoms with Crippen LogP contribution in [0.2, 0.25) is 0 Å². The van der Waals surface area contributed by atoms with Crippen molar-refractivity contribution in [2.75, 3.05) is 9.80 Å². The summed E-state index contributed by atoms with van der Waals surface area (Å²) in [6.07, 6.45) is 0. The fourth-order valence-electron chi connectivity index (χ4n) is 8.06. The lowest BCUT2D eigenvalue weighted by molar-refractivity contribution is 0.930. The van der Waals surface area contributed by atoms with E-state index in [2.05, 4.69) is 180 Å². The van der Waals surface area contributed by atoms with Gasteiger partial charge in [0.1, 0.15) is 0 Å². The smallest absolute Gasteiger partial charge is 0.311 e. The minimum atomic E-state index is -0.135. The molecule has 0 radical (unpaired) electrons. The third kappa shape index (κ3) is 6.95. The van der Waals surface area contributed by atoms with Crippen LogP contribution in [0.1, 0.15) is 0 Å². The van der Waals surface area contributed by atoms with Crippen molar-refractivity contribution in [1.82, 2.24) is 9.13 Å². The van der Waals surface area contributed by atoms with E-state index in [1.807, 2.05) is 72.8 Å². The summed E-state index contributed by atoms with van der Waals surface area (Å²) >= 11 is 0. The molecule has 1 aromatic heterocycles. The van der Waals surface area contributed by atoms with Gasteiger partial charge in [0.25, 0.3) is 0 Å². The van der Waals surface area contributed by atoms with Gasteiger partial charge in [-0.15, -0.1) is 0 Å². The molecule has 0 bridgehead atoms. The number of rotatable bonds is 10. The van der Waals surface area contributed by atoms with E-state index in [1.165, 1.54) is 11.1 Å². The lowest BCUT2D eigenvalue weighted by Gasteiger charge is -2.26. The summed E-state index contributed by atoms with van der Waals surface area (Å²) in [6, 6.07) is 83.3. The van der Waals surface area contributed by atoms with Crippen LogP contribution in [0.25, 0.3) is 44.7 Å². The minimum Gasteiger partial charge on any atom is -0.311 e. The second-order valence-corrected chi connectivity index (χ2v) is 14.6. The number of fused-ring (bicyclic) bond motifs is 1. The first-order valence-electron chi connectivity index (χ1n) is 20.1. The fraction of sp³-hybridized carbons (Fsp3) is 0. The number of para-hydroxylation sites is 4. The first kappa shape index (κ1) is 36.2. The molecular formula is C55H40N4O. The van der Waals surface area contributed by atoms with Gasteiger partial charge in [0.15, 0.2) is 0 Å². The predicted octanol–water partition coefficient (Wildman–Crippen LogP) is 14.1. The molecule has 0 N–H and O–H groups in total. The Labute approximate surface area is 349 Å². The molecule has 0 aliphatic rings. The maximum Gasteiger partial charge on any atom is 0.338 e. The molecule has 0 saturated carbocycles. The first-order chi connectivity index (χ1) is 29.7. The van der Waals surface area contributed by atoms with Crippen LogP contribution in [0, 0.1) is 0 Å². The van der Waals surface area contributed by atoms with Crippen LogP contribution >= 0.6 is 0 Å². The standard InChI is InChI=1S/C55H40N4O/c60-55-58(51-37-33-49(34-38-51)56(45-19-9-3-10-20-45)47-29-25-43(26-30-47)41-15-5-1-6-16-41)53-23-13-14-24-54(53)59(55)52-39-35-50(36-40-52)57(46-21-11-4-12-22-46)48-31-27-44(28-32-48)42-17-7-2-8-18-42/h1-40H. The zero-order chi connectivity index (χ0) is 40.3. The summed E-state index contributed by atoms with van der Waals surface area (Å²) in [5.41, 5.74) is 13.9. The molecule has 286 valence electrons. The average Bonchev–Trinajstić information content (AvgIpc) is 3.62. The second-order valence-electron chi connectivity index (χ2n) is 14.6. The molecule has 0 aliphatic carbocycles. The van der Waals surface area contributed by atoms with Gasteiger partial charge in [-0.2, -0.15) is 0 Å². The van der Waals surface area contributed by atoms with Crippen LogP contribution in [0.3, 0.4) is 0 Å². The predicted molar refractivity (Wildman–Crippen MR) is 249 cm³/mol. The van der Waals surface area contributed by atoms with Gasteiger partial charge in [-0.05, 0) is 131 Å². The van der Waals surface area contributed by atoms with Gasteiger partial charge in [-0.3, -0.25) is 9.13 Å². The van der Waals surface area contributed by atoms with Crippen molar-refractivity contribution in [1.29, 1.82) is 0 Å². The molecule has 60 heavy (non-hydrogen) atoms. The fourth-order valence-corrected chi connectivity index (χ4v) is 8.06. The largest absolute Gasteiger partial charge is 0.338 e. The van der Waals surface area contributed by atoms with Gasteiger partial charge in [-0.1, -0.05) is 133 Å². The highest BCUT2D eigenvalue weighted by atomic mass is 16.1. The molecule has 0 spiro atoms. The molecule has 5 heteroatoms. The van der Waals surface area contributed by atoms with E-state index in [0.29, 0.717) is 0 Å². The molecule has 0 amide bonds. The van der Waals surface area contributed by atoms with E-state index in [0.717, 1.165) is 67.7 Å². The van der Waals surface area contributed by atoms with Crippen molar-refractivity contribution in [2.45, 2.75) is 0 Å². The van der Waals surface area contributed by atoms with E-state index >= 15 is 0 Å². The summed E-state index contributed by atoms with van der Waals surface area (Å²) in [4.78, 5) is 19.1. The monoisotopic (exact) mass is 772 g/mol. The zero-order valence-electron chi connectivity index (χ0n) is 32.8. The van der Waals surface area contributed by atoms with E-state index < -0.39 is 0 Å². The highest BCUT2D eigenvalue weighted by molar-refractivity contribution is 5.83. The van der Waals surface area contributed by atoms with Crippen molar-refractivity contribution in [3.05, 3.63) is 253 Å². The molecule has 10 rings (SSSR count). The van der Waals surface area contributed by atoms with E-state index in [-0.39, 0.29) is 5.69 Å². The van der Waals surface area contributed by atoms with Gasteiger partial charge in [0.2, 0.25) is 0 Å². The van der Waals surface area contributed by atoms with E-state index in [1.54, 1.807) is 9.13 Å². The number of hydrogen-bond acceptors (Lipinski definition) is 3. The Morgan fingerprint density at radius 2 is 0.500 bits per heavy atom. The summed E-state index contributed by atoms with van der Waals surface area (Å²) < 4.78 is 3.61. The van der Waals surface area contributed by atoms with Crippen LogP contribution < -0.4 is 15.5 Å². The van der Waals surface area contributed by atoms with Crippen LogP contribution in [-0.4, -0.2) is 9.13 Å². The Hall–Kier alpha value is -8.15. The van der Waals surface area contributed by atoms with Crippen LogP contribution in [-0.2, 0) is 0 Å². The van der Waals surface area contributed by atoms with Crippen LogP contribution in [0.5, 0.6) is 0 Å². The Bertz CT molecular complexity index is 2840. The number of benzene rings is 9. The van der Waals surface area contributed by atoms with Gasteiger partial charge in [0.05, 0.1) is 22.4 Å². The summed E-state index contributed by atoms with van der Waals surface area (Å²) in [7, 11) is 0. The van der Waals surface area contributed by atoms with Crippen molar-refractivity contribution in [3.8, 4) is 33.6 Å². The van der Waals surface area contributed by atoms with Gasteiger partial charge in [-0.25, -0.2) is 4.79 Å². The molecule has 0 fully saturated rings. The van der Waals surface area contributed by atoms with Gasteiger partial charge < -0.3 is 9.80 Å². The lowest BCUT2D eigenvalue weighted by atomic mass is 10.0. The maximum absolute atomic E-state index is 14.6. The number of anilines is 6. The molecule has 10 aromatic rings. The summed E-state index contributed by atoms with van der Waals surface area (Å²) in [5.74, 6) is 0. The molecule has 0 aliphatic heterocycles. The van der Waals surface area contributed by atoms with Gasteiger partial charge >= 0.3 is 5.69 Å². The third-order valence-electron chi connectivity index (χ3n) is 11.0. The van der Waals surface area contributed by atoms with Crippen molar-refractivity contribution in [2.24, 2.45) is 0 Å². The minimum absolute atomic E-state index is 0.135. The number of imidazole rings is 1. The quantitative estimate of drug-likeness (QED) is 0.139. The molecule has 0 atom stereocenters. The molecule has 0 unspecified atom stereocenters. The van der Waals surface area contributed by atoms with Gasteiger partial charge in [0, 0.05) is 34.1 Å². The van der Waals surface area contributed by atoms with Crippen molar-refractivity contribution < 1.29 is 0 Å².